The third-order valence-corrected chi connectivity index (χ3v) is 4.47. The van der Waals surface area contributed by atoms with Gasteiger partial charge in [-0.1, -0.05) is 39.3 Å². The Labute approximate surface area is 130 Å². The summed E-state index contributed by atoms with van der Waals surface area (Å²) in [6, 6.07) is 6.98. The van der Waals surface area contributed by atoms with E-state index < -0.39 is 0 Å². The minimum atomic E-state index is 0.713. The Morgan fingerprint density at radius 3 is 2.81 bits per heavy atom. The second-order valence-corrected chi connectivity index (χ2v) is 7.03. The lowest BCUT2D eigenvalue weighted by molar-refractivity contribution is 0.530. The van der Waals surface area contributed by atoms with Crippen molar-refractivity contribution in [3.63, 3.8) is 0 Å². The first-order chi connectivity index (χ1) is 10.1. The Morgan fingerprint density at radius 1 is 1.33 bits per heavy atom. The van der Waals surface area contributed by atoms with E-state index in [1.165, 1.54) is 49.2 Å². The van der Waals surface area contributed by atoms with Crippen molar-refractivity contribution in [1.82, 2.24) is 5.32 Å². The zero-order valence-corrected chi connectivity index (χ0v) is 14.3. The third kappa shape index (κ3) is 4.74. The standard InChI is InChI=1S/C19H32N2/c1-5-6-17-9-10-21(14-17)19-8-7-18(11-16(19)4)13-20-12-15(2)3/h7-8,11,15,17,20H,5-6,9-10,12-14H2,1-4H3. The van der Waals surface area contributed by atoms with Crippen molar-refractivity contribution in [3.8, 4) is 0 Å². The number of rotatable bonds is 7. The molecule has 0 aromatic heterocycles. The van der Waals surface area contributed by atoms with Crippen LogP contribution in [0.25, 0.3) is 0 Å². The summed E-state index contributed by atoms with van der Waals surface area (Å²) in [5.41, 5.74) is 4.28. The number of nitrogens with zero attached hydrogens (tertiary/aromatic N) is 1. The molecule has 0 aliphatic carbocycles. The fraction of sp³-hybridized carbons (Fsp3) is 0.684. The molecular formula is C19H32N2. The molecule has 1 aliphatic rings. The monoisotopic (exact) mass is 288 g/mol. The van der Waals surface area contributed by atoms with Gasteiger partial charge in [0.2, 0.25) is 0 Å². The van der Waals surface area contributed by atoms with Gasteiger partial charge in [-0.3, -0.25) is 0 Å². The van der Waals surface area contributed by atoms with Gasteiger partial charge in [0.15, 0.2) is 0 Å². The van der Waals surface area contributed by atoms with Crippen LogP contribution in [0.5, 0.6) is 0 Å². The number of hydrogen-bond donors (Lipinski definition) is 1. The zero-order chi connectivity index (χ0) is 15.2. The molecule has 1 aromatic carbocycles. The Hall–Kier alpha value is -1.02. The SMILES string of the molecule is CCCC1CCN(c2ccc(CNCC(C)C)cc2C)C1. The Balaban J connectivity index is 1.93. The molecule has 118 valence electrons. The molecule has 1 aliphatic heterocycles. The van der Waals surface area contributed by atoms with E-state index in [2.05, 4.69) is 56.1 Å². The van der Waals surface area contributed by atoms with Gasteiger partial charge in [-0.25, -0.2) is 0 Å². The summed E-state index contributed by atoms with van der Waals surface area (Å²) in [5, 5.41) is 3.53. The maximum atomic E-state index is 3.53. The fourth-order valence-corrected chi connectivity index (χ4v) is 3.38. The average Bonchev–Trinajstić information content (AvgIpc) is 2.87. The molecule has 0 saturated carbocycles. The quantitative estimate of drug-likeness (QED) is 0.801. The molecule has 21 heavy (non-hydrogen) atoms. The van der Waals surface area contributed by atoms with E-state index in [1.54, 1.807) is 0 Å². The van der Waals surface area contributed by atoms with E-state index in [1.807, 2.05) is 0 Å². The van der Waals surface area contributed by atoms with Crippen molar-refractivity contribution in [3.05, 3.63) is 29.3 Å². The lowest BCUT2D eigenvalue weighted by Gasteiger charge is -2.22. The Morgan fingerprint density at radius 2 is 2.14 bits per heavy atom. The predicted molar refractivity (Wildman–Crippen MR) is 93.0 cm³/mol. The second-order valence-electron chi connectivity index (χ2n) is 7.03. The molecule has 1 aromatic rings. The van der Waals surface area contributed by atoms with E-state index >= 15 is 0 Å². The van der Waals surface area contributed by atoms with Crippen LogP contribution in [0.15, 0.2) is 18.2 Å². The van der Waals surface area contributed by atoms with Crippen molar-refractivity contribution in [2.75, 3.05) is 24.5 Å². The van der Waals surface area contributed by atoms with Gasteiger partial charge in [-0.15, -0.1) is 0 Å². The van der Waals surface area contributed by atoms with E-state index in [4.69, 9.17) is 0 Å². The van der Waals surface area contributed by atoms with Crippen LogP contribution >= 0.6 is 0 Å². The fourth-order valence-electron chi connectivity index (χ4n) is 3.38. The first-order valence-electron chi connectivity index (χ1n) is 8.65. The summed E-state index contributed by atoms with van der Waals surface area (Å²) in [7, 11) is 0. The normalized spacial score (nSPS) is 18.7. The van der Waals surface area contributed by atoms with Gasteiger partial charge in [-0.2, -0.15) is 0 Å². The molecule has 1 fully saturated rings. The smallest absolute Gasteiger partial charge is 0.0396 e. The maximum absolute atomic E-state index is 3.53. The highest BCUT2D eigenvalue weighted by Crippen LogP contribution is 2.29. The molecule has 2 rings (SSSR count). The van der Waals surface area contributed by atoms with Gasteiger partial charge in [0.05, 0.1) is 0 Å². The molecule has 1 N–H and O–H groups in total. The summed E-state index contributed by atoms with van der Waals surface area (Å²) in [6.45, 7) is 13.6. The van der Waals surface area contributed by atoms with Crippen molar-refractivity contribution in [2.45, 2.75) is 53.5 Å². The first kappa shape index (κ1) is 16.4. The van der Waals surface area contributed by atoms with Crippen LogP contribution in [0.4, 0.5) is 5.69 Å². The van der Waals surface area contributed by atoms with Crippen LogP contribution in [-0.4, -0.2) is 19.6 Å². The topological polar surface area (TPSA) is 15.3 Å². The summed E-state index contributed by atoms with van der Waals surface area (Å²) in [4.78, 5) is 2.58. The molecule has 1 atom stereocenters. The van der Waals surface area contributed by atoms with Gasteiger partial charge in [-0.05, 0) is 55.3 Å². The van der Waals surface area contributed by atoms with Gasteiger partial charge in [0.1, 0.15) is 0 Å². The minimum absolute atomic E-state index is 0.713. The van der Waals surface area contributed by atoms with E-state index in [0.717, 1.165) is 19.0 Å². The summed E-state index contributed by atoms with van der Waals surface area (Å²) in [6.07, 6.45) is 4.07. The van der Waals surface area contributed by atoms with E-state index in [9.17, 15) is 0 Å². The molecule has 0 radical (unpaired) electrons. The average molecular weight is 288 g/mol. The van der Waals surface area contributed by atoms with Crippen LogP contribution in [0.3, 0.4) is 0 Å². The summed E-state index contributed by atoms with van der Waals surface area (Å²) in [5.74, 6) is 1.62. The highest BCUT2D eigenvalue weighted by molar-refractivity contribution is 5.55. The molecule has 0 spiro atoms. The first-order valence-corrected chi connectivity index (χ1v) is 8.65. The molecule has 1 saturated heterocycles. The van der Waals surface area contributed by atoms with Crippen LogP contribution in [-0.2, 0) is 6.54 Å². The minimum Gasteiger partial charge on any atom is -0.371 e. The second kappa shape index (κ2) is 7.84. The number of hydrogen-bond acceptors (Lipinski definition) is 2. The maximum Gasteiger partial charge on any atom is 0.0396 e. The Bertz CT molecular complexity index is 439. The number of aryl methyl sites for hydroxylation is 1. The van der Waals surface area contributed by atoms with Crippen LogP contribution in [0, 0.1) is 18.8 Å². The highest BCUT2D eigenvalue weighted by atomic mass is 15.2. The molecule has 2 heteroatoms. The molecule has 1 heterocycles. The van der Waals surface area contributed by atoms with Gasteiger partial charge in [0, 0.05) is 25.3 Å². The number of benzene rings is 1. The summed E-state index contributed by atoms with van der Waals surface area (Å²) >= 11 is 0. The van der Waals surface area contributed by atoms with Crippen LogP contribution in [0.2, 0.25) is 0 Å². The molecular weight excluding hydrogens is 256 g/mol. The third-order valence-electron chi connectivity index (χ3n) is 4.47. The largest absolute Gasteiger partial charge is 0.371 e. The molecule has 0 amide bonds. The predicted octanol–water partition coefficient (Wildman–Crippen LogP) is 4.37. The Kier molecular flexibility index (Phi) is 6.10. The van der Waals surface area contributed by atoms with Gasteiger partial charge in [0.25, 0.3) is 0 Å². The van der Waals surface area contributed by atoms with Crippen LogP contribution in [0.1, 0.15) is 51.2 Å². The van der Waals surface area contributed by atoms with Crippen molar-refractivity contribution >= 4 is 5.69 Å². The molecule has 1 unspecified atom stereocenters. The lowest BCUT2D eigenvalue weighted by Crippen LogP contribution is -2.21. The van der Waals surface area contributed by atoms with E-state index in [-0.39, 0.29) is 0 Å². The molecule has 0 bridgehead atoms. The van der Waals surface area contributed by atoms with Crippen LogP contribution < -0.4 is 10.2 Å². The van der Waals surface area contributed by atoms with Gasteiger partial charge < -0.3 is 10.2 Å². The number of nitrogens with one attached hydrogen (secondary N) is 1. The van der Waals surface area contributed by atoms with Crippen molar-refractivity contribution in [2.24, 2.45) is 11.8 Å². The van der Waals surface area contributed by atoms with Gasteiger partial charge >= 0.3 is 0 Å². The molecule has 2 nitrogen and oxygen atoms in total. The van der Waals surface area contributed by atoms with Crippen molar-refractivity contribution < 1.29 is 0 Å². The lowest BCUT2D eigenvalue weighted by atomic mass is 10.0. The zero-order valence-electron chi connectivity index (χ0n) is 14.3. The highest BCUT2D eigenvalue weighted by Gasteiger charge is 2.22. The number of anilines is 1. The van der Waals surface area contributed by atoms with Crippen molar-refractivity contribution in [1.29, 1.82) is 0 Å². The van der Waals surface area contributed by atoms with E-state index in [0.29, 0.717) is 5.92 Å². The summed E-state index contributed by atoms with van der Waals surface area (Å²) < 4.78 is 0.